The number of hydrogen-bond donors (Lipinski definition) is 2. The summed E-state index contributed by atoms with van der Waals surface area (Å²) < 4.78 is 19.3. The van der Waals surface area contributed by atoms with Gasteiger partial charge in [-0.1, -0.05) is 0 Å². The summed E-state index contributed by atoms with van der Waals surface area (Å²) >= 11 is 0. The summed E-state index contributed by atoms with van der Waals surface area (Å²) in [4.78, 5) is 26.3. The quantitative estimate of drug-likeness (QED) is 0.908. The third kappa shape index (κ3) is 3.78. The minimum absolute atomic E-state index is 0.0700. The van der Waals surface area contributed by atoms with Crippen molar-refractivity contribution in [3.8, 4) is 11.5 Å². The maximum atomic E-state index is 13.8. The van der Waals surface area contributed by atoms with Crippen LogP contribution in [-0.2, 0) is 4.79 Å². The maximum absolute atomic E-state index is 13.8. The van der Waals surface area contributed by atoms with Crippen molar-refractivity contribution in [1.29, 1.82) is 0 Å². The molecule has 2 aromatic rings. The lowest BCUT2D eigenvalue weighted by atomic mass is 10.2. The summed E-state index contributed by atoms with van der Waals surface area (Å²) in [5, 5.41) is 4.81. The second kappa shape index (κ2) is 6.66. The van der Waals surface area contributed by atoms with E-state index in [9.17, 15) is 14.0 Å². The Bertz CT molecular complexity index is 719. The fraction of sp³-hybridized carbons (Fsp3) is 0.133. The van der Waals surface area contributed by atoms with E-state index in [-0.39, 0.29) is 28.9 Å². The normalized spacial score (nSPS) is 9.95. The third-order valence-electron chi connectivity index (χ3n) is 2.68. The first kappa shape index (κ1) is 15.4. The van der Waals surface area contributed by atoms with Gasteiger partial charge >= 0.3 is 0 Å². The van der Waals surface area contributed by atoms with Crippen LogP contribution in [0.15, 0.2) is 36.5 Å². The third-order valence-corrected chi connectivity index (χ3v) is 2.68. The van der Waals surface area contributed by atoms with Crippen molar-refractivity contribution >= 4 is 17.5 Å². The van der Waals surface area contributed by atoms with Crippen molar-refractivity contribution in [2.24, 2.45) is 0 Å². The number of hydrogen-bond acceptors (Lipinski definition) is 4. The van der Waals surface area contributed by atoms with E-state index in [1.54, 1.807) is 6.07 Å². The van der Waals surface area contributed by atoms with Gasteiger partial charge in [-0.3, -0.25) is 14.6 Å². The molecule has 0 saturated carbocycles. The van der Waals surface area contributed by atoms with Gasteiger partial charge in [0.1, 0.15) is 23.0 Å². The van der Waals surface area contributed by atoms with Gasteiger partial charge in [0, 0.05) is 32.3 Å². The van der Waals surface area contributed by atoms with Crippen LogP contribution in [0.1, 0.15) is 17.4 Å². The number of benzene rings is 1. The largest absolute Gasteiger partial charge is 0.457 e. The van der Waals surface area contributed by atoms with Gasteiger partial charge in [-0.05, 0) is 18.2 Å². The van der Waals surface area contributed by atoms with Crippen LogP contribution in [0.4, 0.5) is 10.1 Å². The number of pyridine rings is 1. The van der Waals surface area contributed by atoms with Crippen LogP contribution < -0.4 is 15.4 Å². The van der Waals surface area contributed by atoms with E-state index in [1.165, 1.54) is 38.4 Å². The number of anilines is 1. The maximum Gasteiger partial charge on any atom is 0.269 e. The Morgan fingerprint density at radius 2 is 1.91 bits per heavy atom. The van der Waals surface area contributed by atoms with Gasteiger partial charge in [0.2, 0.25) is 5.91 Å². The molecule has 0 atom stereocenters. The molecule has 2 N–H and O–H groups in total. The standard InChI is InChI=1S/C15H14FN3O3/c1-9(20)19-13-4-3-10(7-12(13)16)22-11-5-6-18-14(8-11)15(21)17-2/h3-8H,1-2H3,(H,17,21)(H,19,20). The van der Waals surface area contributed by atoms with E-state index in [4.69, 9.17) is 4.74 Å². The second-order valence-electron chi connectivity index (χ2n) is 4.38. The zero-order valence-electron chi connectivity index (χ0n) is 12.0. The number of carbonyl (C=O) groups is 2. The zero-order chi connectivity index (χ0) is 16.1. The first-order chi connectivity index (χ1) is 10.5. The molecular weight excluding hydrogens is 289 g/mol. The van der Waals surface area contributed by atoms with Crippen molar-refractivity contribution in [2.75, 3.05) is 12.4 Å². The van der Waals surface area contributed by atoms with Gasteiger partial charge in [0.05, 0.1) is 5.69 Å². The molecule has 0 spiro atoms. The van der Waals surface area contributed by atoms with Gasteiger partial charge in [-0.2, -0.15) is 0 Å². The van der Waals surface area contributed by atoms with Crippen molar-refractivity contribution < 1.29 is 18.7 Å². The molecule has 0 saturated heterocycles. The first-order valence-electron chi connectivity index (χ1n) is 6.42. The number of aromatic nitrogens is 1. The van der Waals surface area contributed by atoms with Crippen LogP contribution in [0.3, 0.4) is 0 Å². The average molecular weight is 303 g/mol. The predicted molar refractivity (Wildman–Crippen MR) is 78.4 cm³/mol. The highest BCUT2D eigenvalue weighted by molar-refractivity contribution is 5.92. The van der Waals surface area contributed by atoms with E-state index in [0.717, 1.165) is 6.07 Å². The van der Waals surface area contributed by atoms with Crippen molar-refractivity contribution in [2.45, 2.75) is 6.92 Å². The SMILES string of the molecule is CNC(=O)c1cc(Oc2ccc(NC(C)=O)c(F)c2)ccn1. The van der Waals surface area contributed by atoms with Gasteiger partial charge in [0.15, 0.2) is 0 Å². The molecule has 2 amide bonds. The molecule has 1 aromatic carbocycles. The Hall–Kier alpha value is -2.96. The Labute approximate surface area is 126 Å². The van der Waals surface area contributed by atoms with Crippen LogP contribution in [-0.4, -0.2) is 23.8 Å². The van der Waals surface area contributed by atoms with Crippen molar-refractivity contribution in [3.63, 3.8) is 0 Å². The van der Waals surface area contributed by atoms with Crippen LogP contribution in [0.2, 0.25) is 0 Å². The molecule has 22 heavy (non-hydrogen) atoms. The highest BCUT2D eigenvalue weighted by Crippen LogP contribution is 2.25. The molecule has 7 heteroatoms. The topological polar surface area (TPSA) is 80.3 Å². The van der Waals surface area contributed by atoms with Gasteiger partial charge < -0.3 is 15.4 Å². The Morgan fingerprint density at radius 3 is 2.55 bits per heavy atom. The van der Waals surface area contributed by atoms with Crippen LogP contribution in [0.5, 0.6) is 11.5 Å². The Morgan fingerprint density at radius 1 is 1.18 bits per heavy atom. The minimum atomic E-state index is -0.617. The molecule has 0 aliphatic heterocycles. The predicted octanol–water partition coefficient (Wildman–Crippen LogP) is 2.33. The molecule has 0 aliphatic carbocycles. The molecule has 0 unspecified atom stereocenters. The lowest BCUT2D eigenvalue weighted by molar-refractivity contribution is -0.114. The first-order valence-corrected chi connectivity index (χ1v) is 6.42. The minimum Gasteiger partial charge on any atom is -0.457 e. The van der Waals surface area contributed by atoms with Gasteiger partial charge in [-0.25, -0.2) is 4.39 Å². The Kier molecular flexibility index (Phi) is 4.67. The smallest absolute Gasteiger partial charge is 0.269 e. The molecule has 114 valence electrons. The number of ether oxygens (including phenoxy) is 1. The van der Waals surface area contributed by atoms with Crippen LogP contribution in [0.25, 0.3) is 0 Å². The average Bonchev–Trinajstić information content (AvgIpc) is 2.49. The zero-order valence-corrected chi connectivity index (χ0v) is 12.0. The van der Waals surface area contributed by atoms with E-state index in [2.05, 4.69) is 15.6 Å². The number of carbonyl (C=O) groups excluding carboxylic acids is 2. The summed E-state index contributed by atoms with van der Waals surface area (Å²) in [6.45, 7) is 1.29. The molecule has 2 rings (SSSR count). The van der Waals surface area contributed by atoms with Crippen LogP contribution >= 0.6 is 0 Å². The molecule has 0 bridgehead atoms. The molecule has 0 radical (unpaired) electrons. The highest BCUT2D eigenvalue weighted by Gasteiger charge is 2.09. The summed E-state index contributed by atoms with van der Waals surface area (Å²) in [5.41, 5.74) is 0.260. The summed E-state index contributed by atoms with van der Waals surface area (Å²) in [5.74, 6) is -0.747. The molecule has 0 fully saturated rings. The summed E-state index contributed by atoms with van der Waals surface area (Å²) in [6, 6.07) is 7.04. The van der Waals surface area contributed by atoms with Gasteiger partial charge in [0.25, 0.3) is 5.91 Å². The van der Waals surface area contributed by atoms with Crippen molar-refractivity contribution in [1.82, 2.24) is 10.3 Å². The number of amides is 2. The van der Waals surface area contributed by atoms with Gasteiger partial charge in [-0.15, -0.1) is 0 Å². The molecule has 0 aliphatic rings. The molecule has 1 heterocycles. The molecular formula is C15H14FN3O3. The van der Waals surface area contributed by atoms with E-state index >= 15 is 0 Å². The van der Waals surface area contributed by atoms with Crippen LogP contribution in [0, 0.1) is 5.82 Å². The fourth-order valence-corrected chi connectivity index (χ4v) is 1.71. The van der Waals surface area contributed by atoms with E-state index < -0.39 is 5.82 Å². The van der Waals surface area contributed by atoms with E-state index in [0.29, 0.717) is 5.75 Å². The second-order valence-corrected chi connectivity index (χ2v) is 4.38. The highest BCUT2D eigenvalue weighted by atomic mass is 19.1. The van der Waals surface area contributed by atoms with Crippen molar-refractivity contribution in [3.05, 3.63) is 48.0 Å². The van der Waals surface area contributed by atoms with E-state index in [1.807, 2.05) is 0 Å². The molecule has 6 nitrogen and oxygen atoms in total. The lowest BCUT2D eigenvalue weighted by Crippen LogP contribution is -2.18. The Balaban J connectivity index is 2.19. The summed E-state index contributed by atoms with van der Waals surface area (Å²) in [7, 11) is 1.49. The number of rotatable bonds is 4. The molecule has 1 aromatic heterocycles. The lowest BCUT2D eigenvalue weighted by Gasteiger charge is -2.09. The fourth-order valence-electron chi connectivity index (χ4n) is 1.71. The number of nitrogens with one attached hydrogen (secondary N) is 2. The number of nitrogens with zero attached hydrogens (tertiary/aromatic N) is 1. The monoisotopic (exact) mass is 303 g/mol. The summed E-state index contributed by atoms with van der Waals surface area (Å²) in [6.07, 6.45) is 1.42. The number of halogens is 1.